The number of carbonyl (C=O) groups is 2. The van der Waals surface area contributed by atoms with Gasteiger partial charge in [-0.15, -0.1) is 0 Å². The van der Waals surface area contributed by atoms with Gasteiger partial charge in [-0.05, 0) is 56.5 Å². The minimum atomic E-state index is -0.694. The van der Waals surface area contributed by atoms with Crippen LogP contribution in [-0.2, 0) is 20.9 Å². The standard InChI is InChI=1S/C27H34N4O3/c1-17-11-13-19(14-12-17)31-16-23-24(20-8-4-5-9-21(20)29-23)18(2)25(31)26(32)30-22(27(33)34-3)10-6-7-15-28/h4-5,8-9,11-14,18,22,25,29H,6-7,10,15-16,28H2,1-3H3,(H,30,32). The summed E-state index contributed by atoms with van der Waals surface area (Å²) in [4.78, 5) is 31.9. The van der Waals surface area contributed by atoms with Crippen molar-refractivity contribution in [3.8, 4) is 0 Å². The van der Waals surface area contributed by atoms with E-state index in [4.69, 9.17) is 10.5 Å². The van der Waals surface area contributed by atoms with Gasteiger partial charge in [-0.3, -0.25) is 4.79 Å². The Balaban J connectivity index is 1.70. The van der Waals surface area contributed by atoms with Gasteiger partial charge in [0, 0.05) is 28.2 Å². The van der Waals surface area contributed by atoms with E-state index in [1.165, 1.54) is 7.11 Å². The van der Waals surface area contributed by atoms with Crippen molar-refractivity contribution < 1.29 is 14.3 Å². The molecule has 0 bridgehead atoms. The molecule has 7 nitrogen and oxygen atoms in total. The van der Waals surface area contributed by atoms with Crippen molar-refractivity contribution in [2.45, 2.75) is 57.7 Å². The minimum absolute atomic E-state index is 0.0939. The van der Waals surface area contributed by atoms with Crippen molar-refractivity contribution in [1.29, 1.82) is 0 Å². The summed E-state index contributed by atoms with van der Waals surface area (Å²) < 4.78 is 4.98. The van der Waals surface area contributed by atoms with Crippen molar-refractivity contribution >= 4 is 28.5 Å². The van der Waals surface area contributed by atoms with E-state index in [0.29, 0.717) is 19.5 Å². The summed E-state index contributed by atoms with van der Waals surface area (Å²) in [5.74, 6) is -0.695. The Hall–Kier alpha value is -3.32. The molecule has 1 amide bonds. The van der Waals surface area contributed by atoms with E-state index < -0.39 is 18.1 Å². The van der Waals surface area contributed by atoms with Gasteiger partial charge in [-0.1, -0.05) is 42.8 Å². The third-order valence-corrected chi connectivity index (χ3v) is 6.80. The van der Waals surface area contributed by atoms with Gasteiger partial charge >= 0.3 is 5.97 Å². The molecular formula is C27H34N4O3. The zero-order valence-corrected chi connectivity index (χ0v) is 20.1. The highest BCUT2D eigenvalue weighted by atomic mass is 16.5. The molecule has 0 radical (unpaired) electrons. The highest BCUT2D eigenvalue weighted by molar-refractivity contribution is 5.93. The van der Waals surface area contributed by atoms with E-state index in [2.05, 4.69) is 58.5 Å². The van der Waals surface area contributed by atoms with E-state index in [9.17, 15) is 9.59 Å². The van der Waals surface area contributed by atoms with Crippen molar-refractivity contribution in [2.24, 2.45) is 5.73 Å². The average Bonchev–Trinajstić information content (AvgIpc) is 3.22. The summed E-state index contributed by atoms with van der Waals surface area (Å²) in [6.07, 6.45) is 2.03. The molecule has 3 unspecified atom stereocenters. The zero-order chi connectivity index (χ0) is 24.2. The molecule has 0 saturated carbocycles. The Morgan fingerprint density at radius 3 is 2.62 bits per heavy atom. The number of amides is 1. The van der Waals surface area contributed by atoms with E-state index in [1.807, 2.05) is 19.1 Å². The van der Waals surface area contributed by atoms with Gasteiger partial charge in [0.05, 0.1) is 13.7 Å². The first-order valence-electron chi connectivity index (χ1n) is 12.0. The summed E-state index contributed by atoms with van der Waals surface area (Å²) in [6.45, 7) is 5.26. The summed E-state index contributed by atoms with van der Waals surface area (Å²) in [5.41, 5.74) is 11.1. The summed E-state index contributed by atoms with van der Waals surface area (Å²) in [6, 6.07) is 15.2. The number of hydrogen-bond acceptors (Lipinski definition) is 5. The SMILES string of the molecule is COC(=O)C(CCCCN)NC(=O)C1C(C)c2c([nH]c3ccccc23)CN1c1ccc(C)cc1. The number of aromatic nitrogens is 1. The van der Waals surface area contributed by atoms with Gasteiger partial charge < -0.3 is 25.7 Å². The predicted molar refractivity (Wildman–Crippen MR) is 135 cm³/mol. The first-order chi connectivity index (χ1) is 16.4. The molecule has 3 aromatic rings. The second-order valence-corrected chi connectivity index (χ2v) is 9.13. The number of hydrogen-bond donors (Lipinski definition) is 3. The number of para-hydroxylation sites is 1. The fraction of sp³-hybridized carbons (Fsp3) is 0.407. The summed E-state index contributed by atoms with van der Waals surface area (Å²) in [5, 5.41) is 4.14. The maximum atomic E-state index is 13.8. The number of methoxy groups -OCH3 is 1. The molecule has 4 rings (SSSR count). The first kappa shape index (κ1) is 23.8. The van der Waals surface area contributed by atoms with Gasteiger partial charge in [0.2, 0.25) is 5.91 Å². The molecule has 4 N–H and O–H groups in total. The van der Waals surface area contributed by atoms with Crippen LogP contribution in [0.1, 0.15) is 48.9 Å². The van der Waals surface area contributed by atoms with Crippen molar-refractivity contribution in [1.82, 2.24) is 10.3 Å². The average molecular weight is 463 g/mol. The lowest BCUT2D eigenvalue weighted by atomic mass is 9.85. The number of nitrogens with one attached hydrogen (secondary N) is 2. The normalized spacial score (nSPS) is 18.4. The quantitative estimate of drug-likeness (QED) is 0.350. The zero-order valence-electron chi connectivity index (χ0n) is 20.1. The maximum absolute atomic E-state index is 13.8. The number of rotatable bonds is 8. The molecule has 0 saturated heterocycles. The number of nitrogens with two attached hydrogens (primary N) is 1. The Kier molecular flexibility index (Phi) is 7.22. The fourth-order valence-corrected chi connectivity index (χ4v) is 5.06. The highest BCUT2D eigenvalue weighted by Gasteiger charge is 2.40. The van der Waals surface area contributed by atoms with Gasteiger partial charge in [-0.25, -0.2) is 4.79 Å². The van der Waals surface area contributed by atoms with Crippen LogP contribution in [-0.4, -0.2) is 42.6 Å². The lowest BCUT2D eigenvalue weighted by Crippen LogP contribution is -2.55. The Bertz CT molecular complexity index is 1150. The molecular weight excluding hydrogens is 428 g/mol. The molecule has 3 atom stereocenters. The lowest BCUT2D eigenvalue weighted by molar-refractivity contribution is -0.145. The van der Waals surface area contributed by atoms with Gasteiger partial charge in [0.1, 0.15) is 12.1 Å². The molecule has 2 aromatic carbocycles. The molecule has 2 heterocycles. The fourth-order valence-electron chi connectivity index (χ4n) is 5.06. The number of ether oxygens (including phenoxy) is 1. The van der Waals surface area contributed by atoms with E-state index in [-0.39, 0.29) is 11.8 Å². The molecule has 1 aromatic heterocycles. The number of benzene rings is 2. The van der Waals surface area contributed by atoms with E-state index >= 15 is 0 Å². The predicted octanol–water partition coefficient (Wildman–Crippen LogP) is 3.76. The third kappa shape index (κ3) is 4.66. The highest BCUT2D eigenvalue weighted by Crippen LogP contribution is 2.40. The smallest absolute Gasteiger partial charge is 0.328 e. The van der Waals surface area contributed by atoms with Crippen molar-refractivity contribution in [3.63, 3.8) is 0 Å². The molecule has 1 aliphatic heterocycles. The van der Waals surface area contributed by atoms with Crippen LogP contribution in [0.2, 0.25) is 0 Å². The molecule has 34 heavy (non-hydrogen) atoms. The van der Waals surface area contributed by atoms with Crippen LogP contribution in [0.5, 0.6) is 0 Å². The molecule has 0 aliphatic carbocycles. The van der Waals surface area contributed by atoms with Crippen LogP contribution in [0.4, 0.5) is 5.69 Å². The second kappa shape index (κ2) is 10.3. The maximum Gasteiger partial charge on any atom is 0.328 e. The number of unbranched alkanes of at least 4 members (excludes halogenated alkanes) is 1. The molecule has 0 fully saturated rings. The number of aromatic amines is 1. The largest absolute Gasteiger partial charge is 0.467 e. The molecule has 0 spiro atoms. The lowest BCUT2D eigenvalue weighted by Gasteiger charge is -2.41. The van der Waals surface area contributed by atoms with Crippen molar-refractivity contribution in [2.75, 3.05) is 18.6 Å². The Morgan fingerprint density at radius 1 is 1.18 bits per heavy atom. The molecule has 1 aliphatic rings. The van der Waals surface area contributed by atoms with Crippen LogP contribution >= 0.6 is 0 Å². The monoisotopic (exact) mass is 462 g/mol. The van der Waals surface area contributed by atoms with E-state index in [0.717, 1.165) is 46.3 Å². The van der Waals surface area contributed by atoms with E-state index in [1.54, 1.807) is 0 Å². The molecule has 180 valence electrons. The Morgan fingerprint density at radius 2 is 1.91 bits per heavy atom. The van der Waals surface area contributed by atoms with Gasteiger partial charge in [0.15, 0.2) is 0 Å². The Labute approximate surface area is 200 Å². The number of fused-ring (bicyclic) bond motifs is 3. The van der Waals surface area contributed by atoms with Gasteiger partial charge in [-0.2, -0.15) is 0 Å². The number of aryl methyl sites for hydroxylation is 1. The van der Waals surface area contributed by atoms with Crippen LogP contribution < -0.4 is 16.0 Å². The number of nitrogens with zero attached hydrogens (tertiary/aromatic N) is 1. The second-order valence-electron chi connectivity index (χ2n) is 9.13. The molecule has 7 heteroatoms. The van der Waals surface area contributed by atoms with Crippen LogP contribution in [0.15, 0.2) is 48.5 Å². The first-order valence-corrected chi connectivity index (χ1v) is 12.0. The van der Waals surface area contributed by atoms with Crippen molar-refractivity contribution in [3.05, 3.63) is 65.4 Å². The summed E-state index contributed by atoms with van der Waals surface area (Å²) >= 11 is 0. The van der Waals surface area contributed by atoms with Crippen LogP contribution in [0.25, 0.3) is 10.9 Å². The minimum Gasteiger partial charge on any atom is -0.467 e. The topological polar surface area (TPSA) is 100 Å². The van der Waals surface area contributed by atoms with Crippen LogP contribution in [0, 0.1) is 6.92 Å². The number of anilines is 1. The van der Waals surface area contributed by atoms with Gasteiger partial charge in [0.25, 0.3) is 0 Å². The summed E-state index contributed by atoms with van der Waals surface area (Å²) in [7, 11) is 1.35. The number of esters is 1. The number of H-pyrrole nitrogens is 1. The van der Waals surface area contributed by atoms with Crippen LogP contribution in [0.3, 0.4) is 0 Å². The third-order valence-electron chi connectivity index (χ3n) is 6.80. The number of carbonyl (C=O) groups excluding carboxylic acids is 2.